The van der Waals surface area contributed by atoms with Crippen LogP contribution in [0.3, 0.4) is 0 Å². The number of nitrogens with one attached hydrogen (secondary N) is 1. The number of benzene rings is 3. The zero-order valence-corrected chi connectivity index (χ0v) is 15.8. The van der Waals surface area contributed by atoms with Crippen molar-refractivity contribution in [1.82, 2.24) is 0 Å². The number of ether oxygens (including phenoxy) is 2. The van der Waals surface area contributed by atoms with Crippen LogP contribution in [0, 0.1) is 0 Å². The molecule has 3 aromatic carbocycles. The maximum absolute atomic E-state index is 12.9. The number of methoxy groups -OCH3 is 2. The zero-order valence-electron chi connectivity index (χ0n) is 15.8. The average molecular weight is 387 g/mol. The van der Waals surface area contributed by atoms with E-state index in [1.807, 2.05) is 0 Å². The van der Waals surface area contributed by atoms with Crippen LogP contribution in [0.5, 0.6) is 11.5 Å². The van der Waals surface area contributed by atoms with Crippen molar-refractivity contribution in [3.05, 3.63) is 88.5 Å². The van der Waals surface area contributed by atoms with Gasteiger partial charge in [0, 0.05) is 27.9 Å². The van der Waals surface area contributed by atoms with Gasteiger partial charge in [0.05, 0.1) is 14.2 Å². The SMILES string of the molecule is COc1cccc(OC)c1C(=O)Nc1ccc2c(c1)C(=O)c1ccccc1C2=O. The van der Waals surface area contributed by atoms with Crippen molar-refractivity contribution in [3.8, 4) is 11.5 Å². The number of hydrogen-bond acceptors (Lipinski definition) is 5. The smallest absolute Gasteiger partial charge is 0.263 e. The van der Waals surface area contributed by atoms with Gasteiger partial charge in [-0.1, -0.05) is 30.3 Å². The number of amides is 1. The molecule has 0 spiro atoms. The van der Waals surface area contributed by atoms with Crippen molar-refractivity contribution >= 4 is 23.2 Å². The third-order valence-corrected chi connectivity index (χ3v) is 4.84. The summed E-state index contributed by atoms with van der Waals surface area (Å²) >= 11 is 0. The van der Waals surface area contributed by atoms with E-state index in [-0.39, 0.29) is 22.7 Å². The third-order valence-electron chi connectivity index (χ3n) is 4.84. The minimum absolute atomic E-state index is 0.209. The van der Waals surface area contributed by atoms with Gasteiger partial charge < -0.3 is 14.8 Å². The Morgan fingerprint density at radius 2 is 1.28 bits per heavy atom. The minimum atomic E-state index is -0.450. The lowest BCUT2D eigenvalue weighted by atomic mass is 9.84. The van der Waals surface area contributed by atoms with E-state index in [9.17, 15) is 14.4 Å². The predicted molar refractivity (Wildman–Crippen MR) is 107 cm³/mol. The van der Waals surface area contributed by atoms with Crippen molar-refractivity contribution in [2.45, 2.75) is 0 Å². The summed E-state index contributed by atoms with van der Waals surface area (Å²) in [7, 11) is 2.93. The van der Waals surface area contributed by atoms with E-state index in [0.717, 1.165) is 0 Å². The molecule has 144 valence electrons. The lowest BCUT2D eigenvalue weighted by Gasteiger charge is -2.18. The lowest BCUT2D eigenvalue weighted by Crippen LogP contribution is -2.21. The molecular formula is C23H17NO5. The van der Waals surface area contributed by atoms with Gasteiger partial charge in [0.25, 0.3) is 5.91 Å². The molecule has 6 heteroatoms. The second kappa shape index (κ2) is 7.24. The maximum atomic E-state index is 12.9. The molecule has 1 amide bonds. The van der Waals surface area contributed by atoms with Crippen LogP contribution < -0.4 is 14.8 Å². The second-order valence-electron chi connectivity index (χ2n) is 6.46. The highest BCUT2D eigenvalue weighted by molar-refractivity contribution is 6.28. The molecule has 1 aliphatic carbocycles. The monoisotopic (exact) mass is 387 g/mol. The molecular weight excluding hydrogens is 370 g/mol. The van der Waals surface area contributed by atoms with E-state index in [0.29, 0.717) is 33.9 Å². The highest BCUT2D eigenvalue weighted by atomic mass is 16.5. The van der Waals surface area contributed by atoms with Gasteiger partial charge in [0.15, 0.2) is 11.6 Å². The van der Waals surface area contributed by atoms with Gasteiger partial charge in [-0.3, -0.25) is 14.4 Å². The topological polar surface area (TPSA) is 81.7 Å². The fourth-order valence-electron chi connectivity index (χ4n) is 3.45. The second-order valence-corrected chi connectivity index (χ2v) is 6.46. The van der Waals surface area contributed by atoms with Crippen LogP contribution in [-0.4, -0.2) is 31.7 Å². The molecule has 0 radical (unpaired) electrons. The quantitative estimate of drug-likeness (QED) is 0.577. The lowest BCUT2D eigenvalue weighted by molar-refractivity contribution is 0.0979. The molecule has 1 aliphatic rings. The molecule has 6 nitrogen and oxygen atoms in total. The Hall–Kier alpha value is -3.93. The van der Waals surface area contributed by atoms with Gasteiger partial charge in [-0.15, -0.1) is 0 Å². The van der Waals surface area contributed by atoms with Crippen molar-refractivity contribution < 1.29 is 23.9 Å². The first-order valence-electron chi connectivity index (χ1n) is 8.90. The van der Waals surface area contributed by atoms with E-state index >= 15 is 0 Å². The Morgan fingerprint density at radius 3 is 1.86 bits per heavy atom. The Morgan fingerprint density at radius 1 is 0.724 bits per heavy atom. The Balaban J connectivity index is 1.70. The van der Waals surface area contributed by atoms with E-state index in [2.05, 4.69) is 5.32 Å². The highest BCUT2D eigenvalue weighted by Crippen LogP contribution is 2.31. The normalized spacial score (nSPS) is 12.1. The number of hydrogen-bond donors (Lipinski definition) is 1. The van der Waals surface area contributed by atoms with Gasteiger partial charge in [0.2, 0.25) is 0 Å². The molecule has 0 bridgehead atoms. The van der Waals surface area contributed by atoms with Crippen LogP contribution in [0.1, 0.15) is 42.2 Å². The fourth-order valence-corrected chi connectivity index (χ4v) is 3.45. The minimum Gasteiger partial charge on any atom is -0.496 e. The summed E-state index contributed by atoms with van der Waals surface area (Å²) in [5, 5.41) is 2.75. The highest BCUT2D eigenvalue weighted by Gasteiger charge is 2.29. The summed E-state index contributed by atoms with van der Waals surface area (Å²) in [6, 6.07) is 16.4. The summed E-state index contributed by atoms with van der Waals surface area (Å²) in [4.78, 5) is 38.4. The van der Waals surface area contributed by atoms with Crippen molar-refractivity contribution in [2.24, 2.45) is 0 Å². The van der Waals surface area contributed by atoms with E-state index < -0.39 is 5.91 Å². The molecule has 0 aromatic heterocycles. The number of carbonyl (C=O) groups is 3. The summed E-state index contributed by atoms with van der Waals surface area (Å²) < 4.78 is 10.5. The number of carbonyl (C=O) groups excluding carboxylic acids is 3. The Labute approximate surface area is 167 Å². The number of ketones is 2. The summed E-state index contributed by atoms with van der Waals surface area (Å²) in [6.07, 6.45) is 0. The molecule has 0 atom stereocenters. The van der Waals surface area contributed by atoms with Crippen LogP contribution >= 0.6 is 0 Å². The Bertz CT molecular complexity index is 1140. The molecule has 0 fully saturated rings. The van der Waals surface area contributed by atoms with Gasteiger partial charge in [-0.25, -0.2) is 0 Å². The first-order valence-corrected chi connectivity index (χ1v) is 8.90. The Kier molecular flexibility index (Phi) is 4.60. The molecule has 0 unspecified atom stereocenters. The molecule has 4 rings (SSSR count). The zero-order chi connectivity index (χ0) is 20.5. The van der Waals surface area contributed by atoms with Crippen LogP contribution in [-0.2, 0) is 0 Å². The van der Waals surface area contributed by atoms with Crippen molar-refractivity contribution in [1.29, 1.82) is 0 Å². The van der Waals surface area contributed by atoms with Crippen LogP contribution in [0.15, 0.2) is 60.7 Å². The molecule has 29 heavy (non-hydrogen) atoms. The average Bonchev–Trinajstić information content (AvgIpc) is 2.76. The van der Waals surface area contributed by atoms with E-state index in [4.69, 9.17) is 9.47 Å². The molecule has 0 saturated heterocycles. The van der Waals surface area contributed by atoms with E-state index in [1.165, 1.54) is 20.3 Å². The van der Waals surface area contributed by atoms with Gasteiger partial charge in [-0.05, 0) is 30.3 Å². The number of anilines is 1. The van der Waals surface area contributed by atoms with Gasteiger partial charge >= 0.3 is 0 Å². The van der Waals surface area contributed by atoms with Gasteiger partial charge in [0.1, 0.15) is 17.1 Å². The van der Waals surface area contributed by atoms with Crippen molar-refractivity contribution in [2.75, 3.05) is 19.5 Å². The summed E-state index contributed by atoms with van der Waals surface area (Å²) in [5.74, 6) is -0.185. The number of rotatable bonds is 4. The van der Waals surface area contributed by atoms with Crippen LogP contribution in [0.2, 0.25) is 0 Å². The van der Waals surface area contributed by atoms with Crippen molar-refractivity contribution in [3.63, 3.8) is 0 Å². The van der Waals surface area contributed by atoms with Crippen LogP contribution in [0.4, 0.5) is 5.69 Å². The first kappa shape index (κ1) is 18.4. The predicted octanol–water partition coefficient (Wildman–Crippen LogP) is 3.73. The molecule has 0 heterocycles. The molecule has 0 saturated carbocycles. The largest absolute Gasteiger partial charge is 0.496 e. The third kappa shape index (κ3) is 3.04. The van der Waals surface area contributed by atoms with Crippen LogP contribution in [0.25, 0.3) is 0 Å². The molecule has 0 aliphatic heterocycles. The molecule has 1 N–H and O–H groups in total. The van der Waals surface area contributed by atoms with E-state index in [1.54, 1.807) is 54.6 Å². The summed E-state index contributed by atoms with van der Waals surface area (Å²) in [6.45, 7) is 0. The number of fused-ring (bicyclic) bond motifs is 2. The van der Waals surface area contributed by atoms with Gasteiger partial charge in [-0.2, -0.15) is 0 Å². The fraction of sp³-hybridized carbons (Fsp3) is 0.0870. The summed E-state index contributed by atoms with van der Waals surface area (Å²) in [5.41, 5.74) is 1.96. The first-order chi connectivity index (χ1) is 14.0. The standard InChI is InChI=1S/C23H17NO5/c1-28-18-8-5-9-19(29-2)20(18)23(27)24-13-10-11-16-17(12-13)22(26)15-7-4-3-6-14(15)21(16)25/h3-12H,1-2H3,(H,24,27). The maximum Gasteiger partial charge on any atom is 0.263 e. The molecule has 3 aromatic rings.